The van der Waals surface area contributed by atoms with Crippen molar-refractivity contribution in [2.75, 3.05) is 24.9 Å². The molecule has 1 aliphatic carbocycles. The molecule has 0 amide bonds. The Morgan fingerprint density at radius 3 is 2.69 bits per heavy atom. The molecule has 0 saturated carbocycles. The zero-order chi connectivity index (χ0) is 26.7. The van der Waals surface area contributed by atoms with Crippen molar-refractivity contribution >= 4 is 27.6 Å². The fourth-order valence-corrected chi connectivity index (χ4v) is 3.08. The molecule has 0 aromatic heterocycles. The summed E-state index contributed by atoms with van der Waals surface area (Å²) in [6, 6.07) is 13.3. The van der Waals surface area contributed by atoms with Crippen molar-refractivity contribution in [2.24, 2.45) is 0 Å². The van der Waals surface area contributed by atoms with Gasteiger partial charge in [0.25, 0.3) is 0 Å². The fourth-order valence-electron chi connectivity index (χ4n) is 3.08. The minimum absolute atomic E-state index is 0.102. The van der Waals surface area contributed by atoms with Crippen LogP contribution in [0, 0.1) is 0 Å². The quantitative estimate of drug-likeness (QED) is 0.336. The lowest BCUT2D eigenvalue weighted by Gasteiger charge is -2.12. The molecule has 2 aromatic rings. The number of aromatic nitrogens is 1. The number of nitrogens with zero attached hydrogens (tertiary/aromatic N) is 2. The van der Waals surface area contributed by atoms with Crippen LogP contribution in [-0.2, 0) is 0 Å². The summed E-state index contributed by atoms with van der Waals surface area (Å²) in [6.07, 6.45) is 0. The molecule has 1 aliphatic heterocycles. The van der Waals surface area contributed by atoms with E-state index in [2.05, 4.69) is 10.3 Å². The number of hydrogen-bond donors (Lipinski definition) is 1. The Hall–Kier alpha value is -2.88. The number of hydrogen-bond acceptors (Lipinski definition) is 3. The lowest BCUT2D eigenvalue weighted by molar-refractivity contribution is 0.600. The van der Waals surface area contributed by atoms with Crippen molar-refractivity contribution in [3.05, 3.63) is 53.9 Å². The topological polar surface area (TPSA) is 41.1 Å². The van der Waals surface area contributed by atoms with Gasteiger partial charge in [0.1, 0.15) is 29.7 Å². The van der Waals surface area contributed by atoms with E-state index in [1.54, 1.807) is 6.07 Å². The van der Waals surface area contributed by atoms with Gasteiger partial charge in [0.15, 0.2) is 11.3 Å². The number of benzene rings is 3. The van der Waals surface area contributed by atoms with E-state index >= 15 is 0 Å². The van der Waals surface area contributed by atoms with Crippen LogP contribution in [0.5, 0.6) is 0 Å². The molecule has 4 nitrogen and oxygen atoms in total. The minimum Gasteiger partial charge on any atom is -0.452 e. The molecule has 2 aromatic carbocycles. The second-order valence-corrected chi connectivity index (χ2v) is 5.77. The van der Waals surface area contributed by atoms with Gasteiger partial charge in [0, 0.05) is 43.4 Å². The number of anilines is 1. The Kier molecular flexibility index (Phi) is 2.26. The van der Waals surface area contributed by atoms with Gasteiger partial charge in [-0.2, -0.15) is 0 Å². The molecule has 1 N–H and O–H groups in total. The van der Waals surface area contributed by atoms with E-state index in [-0.39, 0.29) is 15.7 Å². The van der Waals surface area contributed by atoms with Crippen molar-refractivity contribution in [3.63, 3.8) is 0 Å². The third-order valence-corrected chi connectivity index (χ3v) is 4.23. The monoisotopic (exact) mass is 356 g/mol. The first-order valence-corrected chi connectivity index (χ1v) is 8.23. The number of nitrogens with one attached hydrogen (secondary N) is 1. The maximum Gasteiger partial charge on any atom is 0.203 e. The summed E-state index contributed by atoms with van der Waals surface area (Å²) in [7, 11) is 0. The zero-order valence-electron chi connectivity index (χ0n) is 24.1. The molecule has 0 saturated heterocycles. The fraction of sp³-hybridized carbons (Fsp3) is 0.273. The van der Waals surface area contributed by atoms with Gasteiger partial charge in [0.2, 0.25) is 5.36 Å². The first-order valence-electron chi connectivity index (χ1n) is 13.2. The second kappa shape index (κ2) is 6.79. The Morgan fingerprint density at radius 2 is 1.92 bits per heavy atom. The Balaban J connectivity index is 2.11. The molecule has 132 valence electrons. The number of fused-ring (bicyclic) bond motifs is 4. The summed E-state index contributed by atoms with van der Waals surface area (Å²) in [4.78, 5) is 4.68. The van der Waals surface area contributed by atoms with Crippen molar-refractivity contribution in [3.8, 4) is 11.5 Å². The molecule has 2 aliphatic rings. The predicted octanol–water partition coefficient (Wildman–Crippen LogP) is 4.33. The van der Waals surface area contributed by atoms with Crippen LogP contribution in [-0.4, -0.2) is 24.5 Å². The van der Waals surface area contributed by atoms with Crippen molar-refractivity contribution < 1.29 is 18.1 Å². The average Bonchev–Trinajstić information content (AvgIpc) is 2.76. The molecule has 0 bridgehead atoms. The van der Waals surface area contributed by atoms with Crippen molar-refractivity contribution in [2.45, 2.75) is 20.6 Å². The smallest absolute Gasteiger partial charge is 0.203 e. The Bertz CT molecular complexity index is 1460. The van der Waals surface area contributed by atoms with Crippen LogP contribution < -0.4 is 15.2 Å². The van der Waals surface area contributed by atoms with E-state index in [0.29, 0.717) is 23.3 Å². The maximum absolute atomic E-state index is 8.20. The molecular formula is C22H24N3O+. The molecule has 0 radical (unpaired) electrons. The van der Waals surface area contributed by atoms with Crippen LogP contribution >= 0.6 is 0 Å². The standard InChI is InChI=1S/C22H23N3O/c1-4-23-19-14-21-22(17-10-8-7-9-16(17)19)24-18-12-11-15(13-20(18)26-21)25(5-2)6-3/h7-14H,4-6H2,1-3H3/p+1/i2D3,3D3,5D2,6D2. The zero-order valence-corrected chi connectivity index (χ0v) is 14.1. The van der Waals surface area contributed by atoms with E-state index in [0.717, 1.165) is 16.5 Å². The third kappa shape index (κ3) is 2.71. The van der Waals surface area contributed by atoms with Crippen LogP contribution in [0.1, 0.15) is 34.3 Å². The molecule has 4 heteroatoms. The highest BCUT2D eigenvalue weighted by Gasteiger charge is 2.15. The van der Waals surface area contributed by atoms with Gasteiger partial charge in [0.05, 0.1) is 6.07 Å². The predicted molar refractivity (Wildman–Crippen MR) is 109 cm³/mol. The first kappa shape index (κ1) is 8.67. The molecule has 0 fully saturated rings. The Labute approximate surface area is 167 Å². The third-order valence-electron chi connectivity index (χ3n) is 4.23. The molecule has 0 spiro atoms. The van der Waals surface area contributed by atoms with Crippen LogP contribution in [0.25, 0.3) is 33.3 Å². The molecule has 4 rings (SSSR count). The molecule has 1 heterocycles. The van der Waals surface area contributed by atoms with Crippen LogP contribution in [0.3, 0.4) is 0 Å². The summed E-state index contributed by atoms with van der Waals surface area (Å²) in [5.41, 5.74) is 2.11. The van der Waals surface area contributed by atoms with Gasteiger partial charge in [-0.1, -0.05) is 24.3 Å². The van der Waals surface area contributed by atoms with Gasteiger partial charge in [-0.25, -0.2) is 9.56 Å². The molecule has 26 heavy (non-hydrogen) atoms. The second-order valence-electron chi connectivity index (χ2n) is 5.77. The lowest BCUT2D eigenvalue weighted by atomic mass is 10.1. The highest BCUT2D eigenvalue weighted by Crippen LogP contribution is 2.33. The van der Waals surface area contributed by atoms with Gasteiger partial charge < -0.3 is 9.73 Å². The van der Waals surface area contributed by atoms with E-state index in [1.807, 2.05) is 31.2 Å². The van der Waals surface area contributed by atoms with Gasteiger partial charge in [-0.15, -0.1) is 0 Å². The summed E-state index contributed by atoms with van der Waals surface area (Å²) < 4.78 is 84.8. The summed E-state index contributed by atoms with van der Waals surface area (Å²) in [5, 5.41) is 4.73. The summed E-state index contributed by atoms with van der Waals surface area (Å²) in [6.45, 7) is -10.8. The Morgan fingerprint density at radius 1 is 1.12 bits per heavy atom. The average molecular weight is 357 g/mol. The number of rotatable bonds is 4. The molecular weight excluding hydrogens is 322 g/mol. The van der Waals surface area contributed by atoms with Crippen molar-refractivity contribution in [1.29, 1.82) is 0 Å². The largest absolute Gasteiger partial charge is 0.452 e. The maximum atomic E-state index is 8.20. The minimum atomic E-state index is -3.36. The van der Waals surface area contributed by atoms with Crippen LogP contribution in [0.15, 0.2) is 52.9 Å². The van der Waals surface area contributed by atoms with Crippen LogP contribution in [0.4, 0.5) is 5.69 Å². The van der Waals surface area contributed by atoms with Gasteiger partial charge in [-0.05, 0) is 26.7 Å². The highest BCUT2D eigenvalue weighted by molar-refractivity contribution is 6.10. The lowest BCUT2D eigenvalue weighted by Crippen LogP contribution is -2.29. The molecule has 0 atom stereocenters. The van der Waals surface area contributed by atoms with Crippen molar-refractivity contribution in [1.82, 2.24) is 9.56 Å². The van der Waals surface area contributed by atoms with Gasteiger partial charge in [-0.3, -0.25) is 0 Å². The SMILES string of the molecule is [2H]C([2H])([2H])C([2H])([2H])[N+](=c1ccc2nc3c(cc(NCC)c4ccccc43)oc-2c1)C([2H])([2H])C([2H])([2H])[2H]. The van der Waals surface area contributed by atoms with E-state index in [4.69, 9.17) is 18.1 Å². The summed E-state index contributed by atoms with van der Waals surface area (Å²) in [5.74, 6) is 0.102. The normalized spacial score (nSPS) is 19.1. The van der Waals surface area contributed by atoms with Crippen LogP contribution in [0.2, 0.25) is 0 Å². The first-order chi connectivity index (χ1) is 16.6. The summed E-state index contributed by atoms with van der Waals surface area (Å²) >= 11 is 0. The molecule has 0 unspecified atom stereocenters. The van der Waals surface area contributed by atoms with Gasteiger partial charge >= 0.3 is 0 Å². The van der Waals surface area contributed by atoms with E-state index in [9.17, 15) is 0 Å². The van der Waals surface area contributed by atoms with E-state index < -0.39 is 26.7 Å². The highest BCUT2D eigenvalue weighted by atomic mass is 16.3. The van der Waals surface area contributed by atoms with E-state index in [1.165, 1.54) is 18.2 Å².